The van der Waals surface area contributed by atoms with E-state index in [-0.39, 0.29) is 0 Å². The lowest BCUT2D eigenvalue weighted by Gasteiger charge is -2.24. The molecule has 3 aromatic heterocycles. The lowest BCUT2D eigenvalue weighted by atomic mass is 10.1. The molecule has 0 saturated heterocycles. The van der Waals surface area contributed by atoms with Crippen LogP contribution >= 0.6 is 10.0 Å². The molecule has 34 heavy (non-hydrogen) atoms. The minimum Gasteiger partial charge on any atom is -0.496 e. The maximum Gasteiger partial charge on any atom is 0.261 e. The average Bonchev–Trinajstić information content (AvgIpc) is 3.40. The number of aromatic nitrogens is 5. The number of methoxy groups -OCH3 is 1. The third kappa shape index (κ3) is 5.20. The highest BCUT2D eigenvalue weighted by atomic mass is 32.3. The van der Waals surface area contributed by atoms with Crippen LogP contribution in [-0.2, 0) is 11.3 Å². The number of fused-ring (bicyclic) bond motifs is 1. The molecule has 0 bridgehead atoms. The number of nitrogens with one attached hydrogen (secondary N) is 1. The highest BCUT2D eigenvalue weighted by Crippen LogP contribution is 2.36. The van der Waals surface area contributed by atoms with Gasteiger partial charge >= 0.3 is 0 Å². The van der Waals surface area contributed by atoms with Gasteiger partial charge < -0.3 is 14.8 Å². The van der Waals surface area contributed by atoms with E-state index in [1.807, 2.05) is 0 Å². The summed E-state index contributed by atoms with van der Waals surface area (Å²) in [5.74, 6) is 0.284. The normalized spacial score (nSPS) is 12.1. The van der Waals surface area contributed by atoms with Gasteiger partial charge in [-0.05, 0) is 43.0 Å². The van der Waals surface area contributed by atoms with Crippen molar-refractivity contribution in [2.45, 2.75) is 6.54 Å². The number of benzene rings is 1. The number of carbonyl (C=O) groups is 1. The van der Waals surface area contributed by atoms with Gasteiger partial charge in [0.15, 0.2) is 5.65 Å². The number of amides is 1. The van der Waals surface area contributed by atoms with Crippen LogP contribution in [0.5, 0.6) is 5.75 Å². The Morgan fingerprint density at radius 2 is 2.03 bits per heavy atom. The van der Waals surface area contributed by atoms with E-state index >= 15 is 0 Å². The molecule has 0 atom stereocenters. The SMILES string of the molecule is COc1ccc(F)cc1-c1c(NC(=O)c2cnn3cccnc23)cnn1CCOCS(C)(C)C. The molecule has 1 amide bonds. The maximum atomic E-state index is 14.2. The van der Waals surface area contributed by atoms with Gasteiger partial charge in [-0.2, -0.15) is 10.2 Å². The second kappa shape index (κ2) is 9.82. The molecule has 3 heterocycles. The molecule has 0 fully saturated rings. The molecule has 1 aromatic carbocycles. The summed E-state index contributed by atoms with van der Waals surface area (Å²) < 4.78 is 28.7. The smallest absolute Gasteiger partial charge is 0.261 e. The minimum atomic E-state index is -0.803. The molecule has 0 spiro atoms. The molecule has 0 aliphatic rings. The quantitative estimate of drug-likeness (QED) is 0.363. The highest BCUT2D eigenvalue weighted by Gasteiger charge is 2.22. The van der Waals surface area contributed by atoms with E-state index in [2.05, 4.69) is 39.3 Å². The second-order valence-electron chi connectivity index (χ2n) is 8.49. The number of halogens is 1. The summed E-state index contributed by atoms with van der Waals surface area (Å²) in [5, 5.41) is 11.5. The molecule has 0 saturated carbocycles. The summed E-state index contributed by atoms with van der Waals surface area (Å²) in [4.78, 5) is 17.3. The van der Waals surface area contributed by atoms with Crippen LogP contribution in [0.2, 0.25) is 0 Å². The van der Waals surface area contributed by atoms with Gasteiger partial charge in [0.05, 0.1) is 50.0 Å². The lowest BCUT2D eigenvalue weighted by molar-refractivity contribution is 0.102. The van der Waals surface area contributed by atoms with E-state index in [1.54, 1.807) is 29.2 Å². The number of carbonyl (C=O) groups excluding carboxylic acids is 1. The molecule has 0 unspecified atom stereocenters. The summed E-state index contributed by atoms with van der Waals surface area (Å²) in [5.41, 5.74) is 2.12. The van der Waals surface area contributed by atoms with Crippen molar-refractivity contribution in [2.24, 2.45) is 0 Å². The molecular weight excluding hydrogens is 459 g/mol. The number of hydrogen-bond donors (Lipinski definition) is 1. The summed E-state index contributed by atoms with van der Waals surface area (Å²) in [6.45, 7) is 0.834. The predicted octanol–water partition coefficient (Wildman–Crippen LogP) is 3.66. The summed E-state index contributed by atoms with van der Waals surface area (Å²) in [7, 11) is 0.706. The largest absolute Gasteiger partial charge is 0.496 e. The average molecular weight is 487 g/mol. The highest BCUT2D eigenvalue weighted by molar-refractivity contribution is 8.32. The van der Waals surface area contributed by atoms with Crippen molar-refractivity contribution in [1.82, 2.24) is 24.4 Å². The Kier molecular flexibility index (Phi) is 6.85. The van der Waals surface area contributed by atoms with Gasteiger partial charge in [0.1, 0.15) is 17.1 Å². The molecular formula is C23H27FN6O3S. The fourth-order valence-electron chi connectivity index (χ4n) is 3.43. The topological polar surface area (TPSA) is 95.6 Å². The summed E-state index contributed by atoms with van der Waals surface area (Å²) >= 11 is 0. The van der Waals surface area contributed by atoms with E-state index in [0.717, 1.165) is 0 Å². The first kappa shape index (κ1) is 23.7. The van der Waals surface area contributed by atoms with Crippen molar-refractivity contribution in [3.63, 3.8) is 0 Å². The van der Waals surface area contributed by atoms with Crippen LogP contribution in [0.25, 0.3) is 16.9 Å². The Morgan fingerprint density at radius 3 is 2.79 bits per heavy atom. The fourth-order valence-corrected chi connectivity index (χ4v) is 4.05. The van der Waals surface area contributed by atoms with Crippen molar-refractivity contribution < 1.29 is 18.7 Å². The Bertz CT molecular complexity index is 1310. The van der Waals surface area contributed by atoms with Crippen molar-refractivity contribution >= 4 is 27.3 Å². The van der Waals surface area contributed by atoms with Gasteiger partial charge in [0, 0.05) is 18.0 Å². The van der Waals surface area contributed by atoms with Gasteiger partial charge in [-0.15, -0.1) is 0 Å². The number of nitrogens with zero attached hydrogens (tertiary/aromatic N) is 5. The third-order valence-electron chi connectivity index (χ3n) is 4.91. The van der Waals surface area contributed by atoms with Crippen LogP contribution in [0.4, 0.5) is 10.1 Å². The molecule has 1 N–H and O–H groups in total. The van der Waals surface area contributed by atoms with Crippen LogP contribution < -0.4 is 10.1 Å². The third-order valence-corrected chi connectivity index (χ3v) is 5.79. The van der Waals surface area contributed by atoms with E-state index in [0.29, 0.717) is 53.0 Å². The molecule has 11 heteroatoms. The van der Waals surface area contributed by atoms with Crippen molar-refractivity contribution in [1.29, 1.82) is 0 Å². The summed E-state index contributed by atoms with van der Waals surface area (Å²) in [6.07, 6.45) is 12.8. The van der Waals surface area contributed by atoms with Gasteiger partial charge in [-0.1, -0.05) is 0 Å². The Hall–Kier alpha value is -3.44. The first-order valence-electron chi connectivity index (χ1n) is 10.5. The summed E-state index contributed by atoms with van der Waals surface area (Å²) in [6, 6.07) is 5.95. The van der Waals surface area contributed by atoms with E-state index in [4.69, 9.17) is 9.47 Å². The molecule has 4 rings (SSSR count). The van der Waals surface area contributed by atoms with Crippen LogP contribution in [-0.4, -0.2) is 68.7 Å². The Morgan fingerprint density at radius 1 is 1.21 bits per heavy atom. The maximum absolute atomic E-state index is 14.2. The zero-order valence-electron chi connectivity index (χ0n) is 19.5. The molecule has 0 aliphatic heterocycles. The first-order valence-corrected chi connectivity index (χ1v) is 13.5. The van der Waals surface area contributed by atoms with Crippen molar-refractivity contribution in [3.8, 4) is 17.0 Å². The monoisotopic (exact) mass is 486 g/mol. The Balaban J connectivity index is 1.67. The first-order chi connectivity index (χ1) is 16.3. The van der Waals surface area contributed by atoms with Crippen molar-refractivity contribution in [3.05, 3.63) is 60.4 Å². The van der Waals surface area contributed by atoms with Crippen LogP contribution in [0, 0.1) is 5.82 Å². The second-order valence-corrected chi connectivity index (χ2v) is 12.9. The van der Waals surface area contributed by atoms with Crippen LogP contribution in [0.3, 0.4) is 0 Å². The molecule has 9 nitrogen and oxygen atoms in total. The number of rotatable bonds is 9. The van der Waals surface area contributed by atoms with E-state index < -0.39 is 21.8 Å². The predicted molar refractivity (Wildman–Crippen MR) is 131 cm³/mol. The zero-order valence-corrected chi connectivity index (χ0v) is 20.3. The lowest BCUT2D eigenvalue weighted by Crippen LogP contribution is -2.14. The zero-order chi connectivity index (χ0) is 24.3. The van der Waals surface area contributed by atoms with Crippen LogP contribution in [0.1, 0.15) is 10.4 Å². The fraction of sp³-hybridized carbons (Fsp3) is 0.304. The molecule has 180 valence electrons. The van der Waals surface area contributed by atoms with Gasteiger partial charge in [-0.25, -0.2) is 23.9 Å². The van der Waals surface area contributed by atoms with Crippen LogP contribution in [0.15, 0.2) is 49.1 Å². The standard InChI is InChI=1S/C23H27FN6O3S/c1-32-20-7-6-16(24)12-17(20)21-19(14-27-29(21)10-11-33-15-34(2,3)4)28-23(31)18-13-26-30-9-5-8-25-22(18)30/h5-9,12-14H,10-11,15H2,1-4H3,(H,28,31). The van der Waals surface area contributed by atoms with Gasteiger partial charge in [-0.3, -0.25) is 9.48 Å². The number of anilines is 1. The minimum absolute atomic E-state index is 0.307. The van der Waals surface area contributed by atoms with E-state index in [9.17, 15) is 9.18 Å². The Labute approximate surface area is 198 Å². The van der Waals surface area contributed by atoms with Gasteiger partial charge in [0.25, 0.3) is 5.91 Å². The van der Waals surface area contributed by atoms with Gasteiger partial charge in [0.2, 0.25) is 0 Å². The molecule has 0 aliphatic carbocycles. The molecule has 0 radical (unpaired) electrons. The number of hydrogen-bond acceptors (Lipinski definition) is 6. The number of ether oxygens (including phenoxy) is 2. The van der Waals surface area contributed by atoms with Crippen molar-refractivity contribution in [2.75, 3.05) is 43.7 Å². The molecule has 4 aromatic rings. The van der Waals surface area contributed by atoms with E-state index in [1.165, 1.54) is 36.2 Å².